The van der Waals surface area contributed by atoms with E-state index in [-0.39, 0.29) is 11.8 Å². The van der Waals surface area contributed by atoms with Crippen LogP contribution in [0.1, 0.15) is 52.2 Å². The van der Waals surface area contributed by atoms with Crippen LogP contribution in [0.3, 0.4) is 0 Å². The lowest BCUT2D eigenvalue weighted by Gasteiger charge is -2.07. The van der Waals surface area contributed by atoms with E-state index in [1.807, 2.05) is 31.3 Å². The zero-order valence-electron chi connectivity index (χ0n) is 16.9. The molecule has 0 saturated heterocycles. The van der Waals surface area contributed by atoms with E-state index in [0.29, 0.717) is 35.6 Å². The third-order valence-corrected chi connectivity index (χ3v) is 4.74. The van der Waals surface area contributed by atoms with Gasteiger partial charge in [-0.2, -0.15) is 0 Å². The fourth-order valence-electron chi connectivity index (χ4n) is 3.20. The lowest BCUT2D eigenvalue weighted by molar-refractivity contribution is -0.116. The Hall–Kier alpha value is -3.68. The van der Waals surface area contributed by atoms with Gasteiger partial charge in [0, 0.05) is 30.4 Å². The minimum atomic E-state index is -0.503. The SMILES string of the molecule is Cc1nc2ccccn2c1C(=O)NCCCCCC(=O)Nc1ccc(C(N)=O)cc1. The second kappa shape index (κ2) is 9.69. The first-order valence-electron chi connectivity index (χ1n) is 9.87. The lowest BCUT2D eigenvalue weighted by Crippen LogP contribution is -2.26. The second-order valence-electron chi connectivity index (χ2n) is 7.03. The van der Waals surface area contributed by atoms with Crippen LogP contribution in [0.15, 0.2) is 48.7 Å². The second-order valence-corrected chi connectivity index (χ2v) is 7.03. The molecule has 0 bridgehead atoms. The van der Waals surface area contributed by atoms with E-state index in [0.717, 1.165) is 24.9 Å². The molecule has 0 aliphatic carbocycles. The number of hydrogen-bond donors (Lipinski definition) is 3. The molecule has 0 saturated carbocycles. The first-order chi connectivity index (χ1) is 14.5. The van der Waals surface area contributed by atoms with Gasteiger partial charge in [-0.05, 0) is 56.2 Å². The zero-order chi connectivity index (χ0) is 21.5. The Kier molecular flexibility index (Phi) is 6.79. The zero-order valence-corrected chi connectivity index (χ0v) is 16.9. The smallest absolute Gasteiger partial charge is 0.270 e. The molecule has 156 valence electrons. The van der Waals surface area contributed by atoms with Crippen molar-refractivity contribution in [3.8, 4) is 0 Å². The molecule has 0 spiro atoms. The first-order valence-corrected chi connectivity index (χ1v) is 9.87. The Morgan fingerprint density at radius 3 is 2.53 bits per heavy atom. The predicted molar refractivity (Wildman–Crippen MR) is 114 cm³/mol. The average molecular weight is 407 g/mol. The molecular weight excluding hydrogens is 382 g/mol. The average Bonchev–Trinajstić information content (AvgIpc) is 3.06. The van der Waals surface area contributed by atoms with Gasteiger partial charge in [-0.3, -0.25) is 18.8 Å². The number of hydrogen-bond acceptors (Lipinski definition) is 4. The van der Waals surface area contributed by atoms with Gasteiger partial charge in [0.2, 0.25) is 11.8 Å². The number of carbonyl (C=O) groups excluding carboxylic acids is 3. The number of nitrogens with one attached hydrogen (secondary N) is 2. The molecule has 0 radical (unpaired) electrons. The number of carbonyl (C=O) groups is 3. The van der Waals surface area contributed by atoms with Gasteiger partial charge in [0.25, 0.3) is 5.91 Å². The molecule has 0 aliphatic rings. The number of aromatic nitrogens is 2. The summed E-state index contributed by atoms with van der Waals surface area (Å²) < 4.78 is 1.78. The van der Waals surface area contributed by atoms with E-state index in [1.165, 1.54) is 0 Å². The third kappa shape index (κ3) is 5.22. The summed E-state index contributed by atoms with van der Waals surface area (Å²) in [6.07, 6.45) is 4.53. The molecule has 3 amide bonds. The number of anilines is 1. The van der Waals surface area contributed by atoms with E-state index in [9.17, 15) is 14.4 Å². The van der Waals surface area contributed by atoms with Crippen molar-refractivity contribution < 1.29 is 14.4 Å². The van der Waals surface area contributed by atoms with E-state index in [1.54, 1.807) is 28.7 Å². The fourth-order valence-corrected chi connectivity index (χ4v) is 3.20. The van der Waals surface area contributed by atoms with Gasteiger partial charge in [0.05, 0.1) is 5.69 Å². The van der Waals surface area contributed by atoms with Gasteiger partial charge < -0.3 is 16.4 Å². The van der Waals surface area contributed by atoms with Crippen LogP contribution in [-0.2, 0) is 4.79 Å². The summed E-state index contributed by atoms with van der Waals surface area (Å²) in [5, 5.41) is 5.71. The molecular formula is C22H25N5O3. The van der Waals surface area contributed by atoms with Gasteiger partial charge in [-0.25, -0.2) is 4.98 Å². The van der Waals surface area contributed by atoms with Crippen LogP contribution in [-0.4, -0.2) is 33.7 Å². The first kappa shape index (κ1) is 21.0. The number of pyridine rings is 1. The van der Waals surface area contributed by atoms with Crippen LogP contribution in [0.5, 0.6) is 0 Å². The number of benzene rings is 1. The quantitative estimate of drug-likeness (QED) is 0.473. The normalized spacial score (nSPS) is 10.7. The Morgan fingerprint density at radius 1 is 1.03 bits per heavy atom. The minimum absolute atomic E-state index is 0.0905. The number of primary amides is 1. The summed E-state index contributed by atoms with van der Waals surface area (Å²) in [6, 6.07) is 12.1. The Balaban J connectivity index is 1.36. The number of amides is 3. The highest BCUT2D eigenvalue weighted by atomic mass is 16.2. The molecule has 0 fully saturated rings. The minimum Gasteiger partial charge on any atom is -0.366 e. The lowest BCUT2D eigenvalue weighted by atomic mass is 10.1. The number of aryl methyl sites for hydroxylation is 1. The van der Waals surface area contributed by atoms with Crippen LogP contribution >= 0.6 is 0 Å². The van der Waals surface area contributed by atoms with Crippen molar-refractivity contribution >= 4 is 29.1 Å². The molecule has 8 nitrogen and oxygen atoms in total. The standard InChI is InChI=1S/C22H25N5O3/c1-15-20(27-14-6-4-7-18(27)25-15)22(30)24-13-5-2-3-8-19(28)26-17-11-9-16(10-12-17)21(23)29/h4,6-7,9-12,14H,2-3,5,8,13H2,1H3,(H2,23,29)(H,24,30)(H,26,28). The summed E-state index contributed by atoms with van der Waals surface area (Å²) in [7, 11) is 0. The van der Waals surface area contributed by atoms with Gasteiger partial charge in [0.15, 0.2) is 0 Å². The van der Waals surface area contributed by atoms with E-state index in [2.05, 4.69) is 15.6 Å². The maximum absolute atomic E-state index is 12.5. The van der Waals surface area contributed by atoms with Crippen molar-refractivity contribution in [2.45, 2.75) is 32.6 Å². The van der Waals surface area contributed by atoms with E-state index in [4.69, 9.17) is 5.73 Å². The summed E-state index contributed by atoms with van der Waals surface area (Å²) >= 11 is 0. The van der Waals surface area contributed by atoms with Crippen LogP contribution in [0.4, 0.5) is 5.69 Å². The number of rotatable bonds is 9. The summed E-state index contributed by atoms with van der Waals surface area (Å²) in [5.41, 5.74) is 8.20. The highest BCUT2D eigenvalue weighted by Gasteiger charge is 2.15. The highest BCUT2D eigenvalue weighted by molar-refractivity contribution is 5.95. The van der Waals surface area contributed by atoms with Crippen molar-refractivity contribution in [1.82, 2.24) is 14.7 Å². The summed E-state index contributed by atoms with van der Waals surface area (Å²) in [5.74, 6) is -0.743. The summed E-state index contributed by atoms with van der Waals surface area (Å²) in [6.45, 7) is 2.36. The molecule has 3 aromatic rings. The van der Waals surface area contributed by atoms with Crippen LogP contribution in [0.2, 0.25) is 0 Å². The molecule has 8 heteroatoms. The largest absolute Gasteiger partial charge is 0.366 e. The third-order valence-electron chi connectivity index (χ3n) is 4.74. The van der Waals surface area contributed by atoms with Crippen LogP contribution in [0.25, 0.3) is 5.65 Å². The molecule has 30 heavy (non-hydrogen) atoms. The van der Waals surface area contributed by atoms with Gasteiger partial charge in [-0.1, -0.05) is 12.5 Å². The molecule has 4 N–H and O–H groups in total. The molecule has 2 aromatic heterocycles. The number of nitrogens with two attached hydrogens (primary N) is 1. The monoisotopic (exact) mass is 407 g/mol. The van der Waals surface area contributed by atoms with Gasteiger partial charge in [-0.15, -0.1) is 0 Å². The predicted octanol–water partition coefficient (Wildman–Crippen LogP) is 2.67. The van der Waals surface area contributed by atoms with Crippen molar-refractivity contribution in [3.05, 3.63) is 65.6 Å². The molecule has 0 unspecified atom stereocenters. The fraction of sp³-hybridized carbons (Fsp3) is 0.273. The number of unbranched alkanes of at least 4 members (excludes halogenated alkanes) is 2. The highest BCUT2D eigenvalue weighted by Crippen LogP contribution is 2.12. The van der Waals surface area contributed by atoms with Gasteiger partial charge in [0.1, 0.15) is 11.3 Å². The Bertz CT molecular complexity index is 1060. The Labute approximate surface area is 174 Å². The Morgan fingerprint density at radius 2 is 1.80 bits per heavy atom. The number of nitrogens with zero attached hydrogens (tertiary/aromatic N) is 2. The van der Waals surface area contributed by atoms with E-state index < -0.39 is 5.91 Å². The number of fused-ring (bicyclic) bond motifs is 1. The van der Waals surface area contributed by atoms with Crippen LogP contribution < -0.4 is 16.4 Å². The van der Waals surface area contributed by atoms with Crippen molar-refractivity contribution in [3.63, 3.8) is 0 Å². The van der Waals surface area contributed by atoms with Gasteiger partial charge >= 0.3 is 0 Å². The number of imidazole rings is 1. The molecule has 0 atom stereocenters. The van der Waals surface area contributed by atoms with E-state index >= 15 is 0 Å². The summed E-state index contributed by atoms with van der Waals surface area (Å²) in [4.78, 5) is 39.9. The molecule has 1 aromatic carbocycles. The topological polar surface area (TPSA) is 119 Å². The molecule has 3 rings (SSSR count). The molecule has 2 heterocycles. The molecule has 0 aliphatic heterocycles. The van der Waals surface area contributed by atoms with Crippen molar-refractivity contribution in [1.29, 1.82) is 0 Å². The maximum Gasteiger partial charge on any atom is 0.270 e. The van der Waals surface area contributed by atoms with Crippen molar-refractivity contribution in [2.75, 3.05) is 11.9 Å². The van der Waals surface area contributed by atoms with Crippen LogP contribution in [0, 0.1) is 6.92 Å². The van der Waals surface area contributed by atoms with Crippen molar-refractivity contribution in [2.24, 2.45) is 5.73 Å². The maximum atomic E-state index is 12.5.